The molecule has 0 heterocycles. The monoisotopic (exact) mass is 260 g/mol. The average Bonchev–Trinajstić information content (AvgIpc) is 2.06. The molecule has 0 saturated carbocycles. The van der Waals surface area contributed by atoms with Crippen LogP contribution in [-0.4, -0.2) is 5.11 Å². The molecular weight excluding hydrogens is 247 g/mol. The molecule has 1 rings (SSSR count). The Morgan fingerprint density at radius 2 is 2.00 bits per heavy atom. The van der Waals surface area contributed by atoms with E-state index in [9.17, 15) is 9.50 Å². The van der Waals surface area contributed by atoms with E-state index in [1.807, 2.05) is 6.92 Å². The normalized spacial score (nSPS) is 11.9. The van der Waals surface area contributed by atoms with Gasteiger partial charge >= 0.3 is 0 Å². The van der Waals surface area contributed by atoms with Gasteiger partial charge in [0.15, 0.2) is 0 Å². The lowest BCUT2D eigenvalue weighted by Gasteiger charge is -2.20. The van der Waals surface area contributed by atoms with E-state index in [0.29, 0.717) is 17.5 Å². The van der Waals surface area contributed by atoms with Crippen LogP contribution in [0.4, 0.5) is 4.39 Å². The molecule has 0 atom stereocenters. The van der Waals surface area contributed by atoms with Crippen molar-refractivity contribution in [2.24, 2.45) is 0 Å². The Morgan fingerprint density at radius 3 is 2.43 bits per heavy atom. The summed E-state index contributed by atoms with van der Waals surface area (Å²) in [5.74, 6) is -0.303. The Morgan fingerprint density at radius 1 is 1.43 bits per heavy atom. The fourth-order valence-electron chi connectivity index (χ4n) is 1.35. The minimum absolute atomic E-state index is 0.303. The van der Waals surface area contributed by atoms with Crippen LogP contribution in [0.5, 0.6) is 0 Å². The number of aryl methyl sites for hydroxylation is 1. The van der Waals surface area contributed by atoms with E-state index in [4.69, 9.17) is 0 Å². The van der Waals surface area contributed by atoms with Gasteiger partial charge in [-0.2, -0.15) is 0 Å². The Kier molecular flexibility index (Phi) is 3.32. The van der Waals surface area contributed by atoms with Crippen LogP contribution >= 0.6 is 15.9 Å². The maximum atomic E-state index is 13.8. The topological polar surface area (TPSA) is 20.2 Å². The summed E-state index contributed by atoms with van der Waals surface area (Å²) < 4.78 is 14.6. The molecule has 1 aromatic rings. The van der Waals surface area contributed by atoms with E-state index in [-0.39, 0.29) is 5.82 Å². The maximum Gasteiger partial charge on any atom is 0.132 e. The summed E-state index contributed by atoms with van der Waals surface area (Å²) in [6.45, 7) is 5.05. The van der Waals surface area contributed by atoms with Gasteiger partial charge in [0.1, 0.15) is 5.82 Å². The first kappa shape index (κ1) is 11.7. The molecule has 1 aromatic carbocycles. The molecule has 0 bridgehead atoms. The fraction of sp³-hybridized carbons (Fsp3) is 0.455. The molecule has 14 heavy (non-hydrogen) atoms. The van der Waals surface area contributed by atoms with Crippen LogP contribution in [0, 0.1) is 5.82 Å². The first-order valence-electron chi connectivity index (χ1n) is 4.57. The largest absolute Gasteiger partial charge is 0.386 e. The number of hydrogen-bond donors (Lipinski definition) is 1. The van der Waals surface area contributed by atoms with Gasteiger partial charge in [-0.05, 0) is 38.0 Å². The van der Waals surface area contributed by atoms with Crippen molar-refractivity contribution in [1.29, 1.82) is 0 Å². The molecule has 0 radical (unpaired) electrons. The van der Waals surface area contributed by atoms with E-state index in [0.717, 1.165) is 4.47 Å². The molecule has 3 heteroatoms. The minimum Gasteiger partial charge on any atom is -0.386 e. The highest BCUT2D eigenvalue weighted by Crippen LogP contribution is 2.28. The zero-order chi connectivity index (χ0) is 10.9. The smallest absolute Gasteiger partial charge is 0.132 e. The lowest BCUT2D eigenvalue weighted by Crippen LogP contribution is -2.18. The van der Waals surface area contributed by atoms with Gasteiger partial charge in [-0.15, -0.1) is 0 Å². The fourth-order valence-corrected chi connectivity index (χ4v) is 1.85. The van der Waals surface area contributed by atoms with Crippen molar-refractivity contribution in [2.45, 2.75) is 32.8 Å². The van der Waals surface area contributed by atoms with Crippen LogP contribution < -0.4 is 0 Å². The third-order valence-electron chi connectivity index (χ3n) is 2.15. The number of aliphatic hydroxyl groups is 1. The van der Waals surface area contributed by atoms with Crippen molar-refractivity contribution in [1.82, 2.24) is 0 Å². The van der Waals surface area contributed by atoms with E-state index in [1.165, 1.54) is 0 Å². The van der Waals surface area contributed by atoms with Crippen molar-refractivity contribution >= 4 is 15.9 Å². The van der Waals surface area contributed by atoms with Crippen LogP contribution in [0.15, 0.2) is 16.6 Å². The Hall–Kier alpha value is -0.410. The Bertz CT molecular complexity index is 342. The number of halogens is 2. The van der Waals surface area contributed by atoms with Crippen LogP contribution in [-0.2, 0) is 12.0 Å². The molecule has 0 saturated heterocycles. The van der Waals surface area contributed by atoms with Crippen molar-refractivity contribution in [3.8, 4) is 0 Å². The SMILES string of the molecule is CCc1cc(Br)cc(C(C)(C)O)c1F. The van der Waals surface area contributed by atoms with E-state index < -0.39 is 5.60 Å². The number of benzene rings is 1. The maximum absolute atomic E-state index is 13.8. The standard InChI is InChI=1S/C11H14BrFO/c1-4-7-5-8(12)6-9(10(7)13)11(2,3)14/h5-6,14H,4H2,1-3H3. The minimum atomic E-state index is -1.14. The average molecular weight is 261 g/mol. The predicted molar refractivity (Wildman–Crippen MR) is 58.7 cm³/mol. The summed E-state index contributed by atoms with van der Waals surface area (Å²) in [4.78, 5) is 0. The predicted octanol–water partition coefficient (Wildman–Crippen LogP) is 3.38. The summed E-state index contributed by atoms with van der Waals surface area (Å²) in [6.07, 6.45) is 0.619. The first-order valence-corrected chi connectivity index (χ1v) is 5.36. The number of rotatable bonds is 2. The second kappa shape index (κ2) is 3.99. The highest BCUT2D eigenvalue weighted by atomic mass is 79.9. The van der Waals surface area contributed by atoms with E-state index in [2.05, 4.69) is 15.9 Å². The van der Waals surface area contributed by atoms with E-state index >= 15 is 0 Å². The first-order chi connectivity index (χ1) is 6.36. The highest BCUT2D eigenvalue weighted by Gasteiger charge is 2.22. The molecule has 0 aliphatic heterocycles. The van der Waals surface area contributed by atoms with Crippen LogP contribution in [0.25, 0.3) is 0 Å². The van der Waals surface area contributed by atoms with Gasteiger partial charge in [-0.1, -0.05) is 22.9 Å². The lowest BCUT2D eigenvalue weighted by atomic mass is 9.95. The van der Waals surface area contributed by atoms with Crippen LogP contribution in [0.2, 0.25) is 0 Å². The van der Waals surface area contributed by atoms with Crippen LogP contribution in [0.1, 0.15) is 31.9 Å². The molecule has 0 aliphatic rings. The van der Waals surface area contributed by atoms with Gasteiger partial charge in [0.2, 0.25) is 0 Å². The lowest BCUT2D eigenvalue weighted by molar-refractivity contribution is 0.0743. The van der Waals surface area contributed by atoms with Crippen molar-refractivity contribution < 1.29 is 9.50 Å². The Balaban J connectivity index is 3.37. The van der Waals surface area contributed by atoms with Gasteiger partial charge in [0, 0.05) is 10.0 Å². The molecule has 0 fully saturated rings. The van der Waals surface area contributed by atoms with Gasteiger partial charge < -0.3 is 5.11 Å². The van der Waals surface area contributed by atoms with Gasteiger partial charge in [0.05, 0.1) is 5.60 Å². The third-order valence-corrected chi connectivity index (χ3v) is 2.61. The van der Waals surface area contributed by atoms with E-state index in [1.54, 1.807) is 26.0 Å². The molecule has 0 aromatic heterocycles. The van der Waals surface area contributed by atoms with Crippen molar-refractivity contribution in [3.05, 3.63) is 33.5 Å². The molecule has 0 amide bonds. The van der Waals surface area contributed by atoms with Gasteiger partial charge in [-0.25, -0.2) is 4.39 Å². The molecule has 1 N–H and O–H groups in total. The van der Waals surface area contributed by atoms with Crippen molar-refractivity contribution in [2.75, 3.05) is 0 Å². The summed E-state index contributed by atoms with van der Waals surface area (Å²) in [5, 5.41) is 9.75. The summed E-state index contributed by atoms with van der Waals surface area (Å²) >= 11 is 3.30. The van der Waals surface area contributed by atoms with Crippen LogP contribution in [0.3, 0.4) is 0 Å². The molecule has 0 spiro atoms. The second-order valence-electron chi connectivity index (χ2n) is 3.84. The Labute approximate surface area is 92.1 Å². The molecular formula is C11H14BrFO. The molecule has 0 unspecified atom stereocenters. The van der Waals surface area contributed by atoms with Gasteiger partial charge in [-0.3, -0.25) is 0 Å². The quantitative estimate of drug-likeness (QED) is 0.865. The second-order valence-corrected chi connectivity index (χ2v) is 4.75. The molecule has 78 valence electrons. The molecule has 0 aliphatic carbocycles. The summed E-state index contributed by atoms with van der Waals surface area (Å²) in [7, 11) is 0. The molecule has 1 nitrogen and oxygen atoms in total. The summed E-state index contributed by atoms with van der Waals surface area (Å²) in [5.41, 5.74) is -0.183. The zero-order valence-corrected chi connectivity index (χ0v) is 10.2. The van der Waals surface area contributed by atoms with Crippen molar-refractivity contribution in [3.63, 3.8) is 0 Å². The van der Waals surface area contributed by atoms with Gasteiger partial charge in [0.25, 0.3) is 0 Å². The third kappa shape index (κ3) is 2.34. The summed E-state index contributed by atoms with van der Waals surface area (Å²) in [6, 6.07) is 3.36. The zero-order valence-electron chi connectivity index (χ0n) is 8.56. The highest BCUT2D eigenvalue weighted by molar-refractivity contribution is 9.10. The number of hydrogen-bond acceptors (Lipinski definition) is 1.